The second-order valence-corrected chi connectivity index (χ2v) is 6.61. The summed E-state index contributed by atoms with van der Waals surface area (Å²) in [7, 11) is 0. The highest BCUT2D eigenvalue weighted by Crippen LogP contribution is 2.19. The number of nitrogens with one attached hydrogen (secondary N) is 2. The van der Waals surface area contributed by atoms with Gasteiger partial charge in [0.25, 0.3) is 0 Å². The van der Waals surface area contributed by atoms with Gasteiger partial charge < -0.3 is 10.6 Å². The highest BCUT2D eigenvalue weighted by molar-refractivity contribution is 6.31. The Hall–Kier alpha value is -3.32. The van der Waals surface area contributed by atoms with Crippen molar-refractivity contribution in [1.29, 1.82) is 0 Å². The van der Waals surface area contributed by atoms with E-state index >= 15 is 0 Å². The number of amides is 2. The van der Waals surface area contributed by atoms with Crippen LogP contribution < -0.4 is 10.6 Å². The predicted molar refractivity (Wildman–Crippen MR) is 107 cm³/mol. The van der Waals surface area contributed by atoms with Gasteiger partial charge in [-0.25, -0.2) is 8.78 Å². The highest BCUT2D eigenvalue weighted by atomic mass is 35.5. The number of rotatable bonds is 6. The summed E-state index contributed by atoms with van der Waals surface area (Å²) >= 11 is 5.94. The number of carbonyl (C=O) groups excluding carboxylic acids is 2. The molecule has 8 heteroatoms. The lowest BCUT2D eigenvalue weighted by molar-refractivity contribution is -0.116. The molecule has 0 unspecified atom stereocenters. The first-order chi connectivity index (χ1) is 13.9. The highest BCUT2D eigenvalue weighted by Gasteiger charge is 2.11. The zero-order valence-electron chi connectivity index (χ0n) is 15.1. The van der Waals surface area contributed by atoms with Crippen LogP contribution in [0.1, 0.15) is 11.3 Å². The lowest BCUT2D eigenvalue weighted by Crippen LogP contribution is -2.17. The largest absolute Gasteiger partial charge is 0.326 e. The first kappa shape index (κ1) is 20.4. The van der Waals surface area contributed by atoms with Crippen molar-refractivity contribution in [2.45, 2.75) is 12.8 Å². The molecule has 0 saturated carbocycles. The van der Waals surface area contributed by atoms with Crippen molar-refractivity contribution < 1.29 is 18.4 Å². The first-order valence-electron chi connectivity index (χ1n) is 8.64. The number of hydrogen-bond acceptors (Lipinski definition) is 3. The van der Waals surface area contributed by atoms with Crippen LogP contribution >= 0.6 is 11.6 Å². The molecule has 0 spiro atoms. The van der Waals surface area contributed by atoms with Gasteiger partial charge in [-0.1, -0.05) is 29.8 Å². The van der Waals surface area contributed by atoms with E-state index in [2.05, 4.69) is 15.6 Å². The fourth-order valence-corrected chi connectivity index (χ4v) is 2.85. The molecule has 1 heterocycles. The molecule has 0 aliphatic carbocycles. The second kappa shape index (κ2) is 9.25. The Balaban J connectivity index is 1.61. The van der Waals surface area contributed by atoms with Crippen molar-refractivity contribution in [3.05, 3.63) is 88.7 Å². The maximum Gasteiger partial charge on any atom is 0.230 e. The monoisotopic (exact) mass is 415 g/mol. The van der Waals surface area contributed by atoms with Gasteiger partial charge in [-0.15, -0.1) is 0 Å². The smallest absolute Gasteiger partial charge is 0.230 e. The molecule has 3 aromatic rings. The zero-order chi connectivity index (χ0) is 20.8. The predicted octanol–water partition coefficient (Wildman–Crippen LogP) is 4.38. The summed E-state index contributed by atoms with van der Waals surface area (Å²) in [4.78, 5) is 28.4. The molecule has 29 heavy (non-hydrogen) atoms. The zero-order valence-corrected chi connectivity index (χ0v) is 15.8. The van der Waals surface area contributed by atoms with Crippen molar-refractivity contribution in [3.8, 4) is 0 Å². The van der Waals surface area contributed by atoms with Crippen LogP contribution in [0, 0.1) is 11.6 Å². The number of benzene rings is 2. The van der Waals surface area contributed by atoms with Crippen molar-refractivity contribution in [1.82, 2.24) is 4.98 Å². The Kier molecular flexibility index (Phi) is 6.51. The van der Waals surface area contributed by atoms with Crippen molar-refractivity contribution in [2.75, 3.05) is 10.6 Å². The van der Waals surface area contributed by atoms with Gasteiger partial charge in [-0.05, 0) is 42.0 Å². The van der Waals surface area contributed by atoms with Crippen LogP contribution in [0.15, 0.2) is 60.8 Å². The molecule has 0 fully saturated rings. The average molecular weight is 416 g/mol. The molecule has 0 aliphatic heterocycles. The Morgan fingerprint density at radius 2 is 1.69 bits per heavy atom. The quantitative estimate of drug-likeness (QED) is 0.627. The summed E-state index contributed by atoms with van der Waals surface area (Å²) in [5, 5.41) is 5.32. The Bertz CT molecular complexity index is 1060. The molecule has 2 aromatic carbocycles. The Labute approximate surface area is 170 Å². The molecule has 0 saturated heterocycles. The van der Waals surface area contributed by atoms with Crippen molar-refractivity contribution >= 4 is 34.8 Å². The van der Waals surface area contributed by atoms with Crippen LogP contribution in [0.2, 0.25) is 5.02 Å². The van der Waals surface area contributed by atoms with Crippen molar-refractivity contribution in [3.63, 3.8) is 0 Å². The van der Waals surface area contributed by atoms with E-state index in [9.17, 15) is 18.4 Å². The maximum absolute atomic E-state index is 13.6. The molecule has 1 aromatic heterocycles. The standard InChI is InChI=1S/C21H16ClF2N3O2/c22-17-10-14(23)6-5-13(17)9-20(28)26-15-7-8-25-16(11-15)12-21(29)27-19-4-2-1-3-18(19)24/h1-8,10-11H,9,12H2,(H,27,29)(H,25,26,28). The third kappa shape index (κ3) is 5.83. The van der Waals surface area contributed by atoms with Gasteiger partial charge in [0.2, 0.25) is 11.8 Å². The fourth-order valence-electron chi connectivity index (χ4n) is 2.62. The molecule has 0 aliphatic rings. The average Bonchev–Trinajstić information content (AvgIpc) is 2.66. The van der Waals surface area contributed by atoms with Gasteiger partial charge in [0, 0.05) is 16.9 Å². The SMILES string of the molecule is O=C(Cc1ccc(F)cc1Cl)Nc1ccnc(CC(=O)Nc2ccccc2F)c1. The minimum atomic E-state index is -0.533. The Morgan fingerprint density at radius 1 is 0.931 bits per heavy atom. The maximum atomic E-state index is 13.6. The molecule has 5 nitrogen and oxygen atoms in total. The molecule has 148 valence electrons. The number of anilines is 2. The molecular formula is C21H16ClF2N3O2. The molecule has 0 bridgehead atoms. The molecule has 0 radical (unpaired) electrons. The Morgan fingerprint density at radius 3 is 2.45 bits per heavy atom. The van der Waals surface area contributed by atoms with Crippen LogP contribution in [0.4, 0.5) is 20.2 Å². The topological polar surface area (TPSA) is 71.1 Å². The molecule has 2 N–H and O–H groups in total. The van der Waals surface area contributed by atoms with Crippen LogP contribution in [0.25, 0.3) is 0 Å². The number of nitrogens with zero attached hydrogens (tertiary/aromatic N) is 1. The number of para-hydroxylation sites is 1. The van der Waals surface area contributed by atoms with Gasteiger partial charge in [-0.3, -0.25) is 14.6 Å². The third-order valence-corrected chi connectivity index (χ3v) is 4.31. The van der Waals surface area contributed by atoms with Gasteiger partial charge in [0.15, 0.2) is 0 Å². The van der Waals surface area contributed by atoms with Crippen LogP contribution in [0.5, 0.6) is 0 Å². The molecule has 3 rings (SSSR count). The van der Waals surface area contributed by atoms with E-state index < -0.39 is 17.5 Å². The first-order valence-corrected chi connectivity index (χ1v) is 9.01. The third-order valence-electron chi connectivity index (χ3n) is 3.96. The van der Waals surface area contributed by atoms with E-state index in [4.69, 9.17) is 11.6 Å². The molecule has 2 amide bonds. The van der Waals surface area contributed by atoms with Gasteiger partial charge in [0.1, 0.15) is 11.6 Å². The summed E-state index contributed by atoms with van der Waals surface area (Å²) in [6.45, 7) is 0. The summed E-state index contributed by atoms with van der Waals surface area (Å²) < 4.78 is 26.7. The number of halogens is 3. The van der Waals surface area contributed by atoms with E-state index in [-0.39, 0.29) is 29.5 Å². The number of aromatic nitrogens is 1. The van der Waals surface area contributed by atoms with Crippen LogP contribution in [0.3, 0.4) is 0 Å². The van der Waals surface area contributed by atoms with E-state index in [0.717, 1.165) is 6.07 Å². The van der Waals surface area contributed by atoms with E-state index in [1.807, 2.05) is 0 Å². The van der Waals surface area contributed by atoms with Crippen LogP contribution in [-0.2, 0) is 22.4 Å². The second-order valence-electron chi connectivity index (χ2n) is 6.20. The minimum absolute atomic E-state index is 0.0372. The van der Waals surface area contributed by atoms with E-state index in [1.165, 1.54) is 36.5 Å². The lowest BCUT2D eigenvalue weighted by atomic mass is 10.1. The lowest BCUT2D eigenvalue weighted by Gasteiger charge is -2.09. The minimum Gasteiger partial charge on any atom is -0.326 e. The number of carbonyl (C=O) groups is 2. The normalized spacial score (nSPS) is 10.4. The van der Waals surface area contributed by atoms with Gasteiger partial charge in [-0.2, -0.15) is 0 Å². The summed E-state index contributed by atoms with van der Waals surface area (Å²) in [6.07, 6.45) is 1.32. The summed E-state index contributed by atoms with van der Waals surface area (Å²) in [6, 6.07) is 12.8. The van der Waals surface area contributed by atoms with Crippen LogP contribution in [-0.4, -0.2) is 16.8 Å². The van der Waals surface area contributed by atoms with Gasteiger partial charge in [0.05, 0.1) is 24.2 Å². The van der Waals surface area contributed by atoms with Crippen molar-refractivity contribution in [2.24, 2.45) is 0 Å². The number of hydrogen-bond donors (Lipinski definition) is 2. The summed E-state index contributed by atoms with van der Waals surface area (Å²) in [5.74, 6) is -1.81. The summed E-state index contributed by atoms with van der Waals surface area (Å²) in [5.41, 5.74) is 1.41. The fraction of sp³-hybridized carbons (Fsp3) is 0.0952. The van der Waals surface area contributed by atoms with E-state index in [1.54, 1.807) is 18.2 Å². The van der Waals surface area contributed by atoms with E-state index in [0.29, 0.717) is 16.9 Å². The number of pyridine rings is 1. The van der Waals surface area contributed by atoms with Gasteiger partial charge >= 0.3 is 0 Å². The molecular weight excluding hydrogens is 400 g/mol. The molecule has 0 atom stereocenters.